The van der Waals surface area contributed by atoms with Crippen LogP contribution >= 0.6 is 0 Å². The van der Waals surface area contributed by atoms with Gasteiger partial charge >= 0.3 is 17.9 Å². The van der Waals surface area contributed by atoms with Crippen molar-refractivity contribution in [3.8, 4) is 0 Å². The molecule has 3 rings (SSSR count). The summed E-state index contributed by atoms with van der Waals surface area (Å²) < 4.78 is 17.2. The summed E-state index contributed by atoms with van der Waals surface area (Å²) in [6.07, 6.45) is 4.24. The van der Waals surface area contributed by atoms with Crippen molar-refractivity contribution in [2.45, 2.75) is 168 Å². The van der Waals surface area contributed by atoms with Crippen LogP contribution in [0, 0.1) is 23.7 Å². The molecule has 3 heterocycles. The van der Waals surface area contributed by atoms with Crippen LogP contribution < -0.4 is 16.0 Å². The minimum Gasteiger partial charge on any atom is -0.465 e. The number of carbonyl (C=O) groups excluding carboxylic acids is 3. The predicted molar refractivity (Wildman–Crippen MR) is 178 cm³/mol. The molecule has 0 aromatic carbocycles. The molecule has 9 nitrogen and oxygen atoms in total. The van der Waals surface area contributed by atoms with Gasteiger partial charge in [0.1, 0.15) is 0 Å². The van der Waals surface area contributed by atoms with Gasteiger partial charge in [0.2, 0.25) is 0 Å². The molecule has 3 N–H and O–H groups in total. The number of carbonyl (C=O) groups is 3. The minimum absolute atomic E-state index is 0.000396. The molecule has 3 unspecified atom stereocenters. The Kier molecular flexibility index (Phi) is 11.6. The monoisotopic (exact) mass is 635 g/mol. The summed E-state index contributed by atoms with van der Waals surface area (Å²) in [7, 11) is 0. The van der Waals surface area contributed by atoms with Crippen LogP contribution in [0.2, 0.25) is 0 Å². The van der Waals surface area contributed by atoms with Crippen molar-refractivity contribution in [3.05, 3.63) is 0 Å². The van der Waals surface area contributed by atoms with Gasteiger partial charge in [0.25, 0.3) is 0 Å². The molecule has 0 saturated carbocycles. The first-order valence-electron chi connectivity index (χ1n) is 17.3. The lowest BCUT2D eigenvalue weighted by Gasteiger charge is -2.28. The Labute approximate surface area is 273 Å². The Morgan fingerprint density at radius 2 is 0.822 bits per heavy atom. The summed E-state index contributed by atoms with van der Waals surface area (Å²) in [5, 5.41) is 10.9. The van der Waals surface area contributed by atoms with Crippen LogP contribution in [0.4, 0.5) is 0 Å². The molecule has 3 aliphatic rings. The minimum atomic E-state index is -0.288. The van der Waals surface area contributed by atoms with E-state index >= 15 is 0 Å². The molecule has 3 fully saturated rings. The van der Waals surface area contributed by atoms with Crippen LogP contribution in [0.15, 0.2) is 0 Å². The zero-order valence-corrected chi connectivity index (χ0v) is 30.5. The van der Waals surface area contributed by atoms with Crippen molar-refractivity contribution in [1.82, 2.24) is 16.0 Å². The van der Waals surface area contributed by atoms with Gasteiger partial charge in [-0.1, -0.05) is 0 Å². The molecule has 260 valence electrons. The lowest BCUT2D eigenvalue weighted by Crippen LogP contribution is -2.45. The van der Waals surface area contributed by atoms with E-state index in [-0.39, 0.29) is 94.1 Å². The van der Waals surface area contributed by atoms with Gasteiger partial charge in [0, 0.05) is 70.2 Å². The first-order chi connectivity index (χ1) is 20.4. The SMILES string of the molecule is CC1(C)CC(COC(=O)CCC(CCC(=O)OCC2CC(C)(C)NC2(C)C)CC(=O)OCC2CC(C)(C)NC2(C)C)C(C)(C)N1. The molecule has 0 bridgehead atoms. The van der Waals surface area contributed by atoms with Crippen LogP contribution in [0.25, 0.3) is 0 Å². The van der Waals surface area contributed by atoms with Crippen LogP contribution in [0.3, 0.4) is 0 Å². The maximum atomic E-state index is 13.0. The first kappa shape index (κ1) is 37.7. The summed E-state index contributed by atoms with van der Waals surface area (Å²) in [5.41, 5.74) is -0.374. The number of esters is 3. The van der Waals surface area contributed by atoms with Gasteiger partial charge in [-0.15, -0.1) is 0 Å². The number of ether oxygens (including phenoxy) is 3. The van der Waals surface area contributed by atoms with Gasteiger partial charge in [-0.25, -0.2) is 0 Å². The van der Waals surface area contributed by atoms with Gasteiger partial charge in [-0.3, -0.25) is 14.4 Å². The standard InChI is InChI=1S/C36H65N3O6/c1-31(2)18-25(34(7,8)37-31)21-43-28(40)15-13-24(17-30(42)45-23-27-20-33(5,6)39-36(27,11)12)14-16-29(41)44-22-26-19-32(3,4)38-35(26,9)10/h24-27,37-39H,13-23H2,1-12H3. The second-order valence-electron chi connectivity index (χ2n) is 18.1. The average molecular weight is 636 g/mol. The Hall–Kier alpha value is -1.71. The van der Waals surface area contributed by atoms with Crippen molar-refractivity contribution in [2.75, 3.05) is 19.8 Å². The van der Waals surface area contributed by atoms with Crippen LogP contribution in [0.5, 0.6) is 0 Å². The molecule has 3 aliphatic heterocycles. The van der Waals surface area contributed by atoms with Gasteiger partial charge in [-0.2, -0.15) is 0 Å². The topological polar surface area (TPSA) is 115 Å². The van der Waals surface area contributed by atoms with Crippen molar-refractivity contribution >= 4 is 17.9 Å². The van der Waals surface area contributed by atoms with E-state index in [0.29, 0.717) is 32.7 Å². The van der Waals surface area contributed by atoms with Crippen LogP contribution in [-0.2, 0) is 28.6 Å². The molecular weight excluding hydrogens is 570 g/mol. The number of rotatable bonds is 14. The second kappa shape index (κ2) is 13.8. The molecular formula is C36H65N3O6. The van der Waals surface area contributed by atoms with E-state index in [2.05, 4.69) is 99.0 Å². The highest BCUT2D eigenvalue weighted by Gasteiger charge is 2.46. The fraction of sp³-hybridized carbons (Fsp3) is 0.917. The molecule has 0 aromatic rings. The number of nitrogens with one attached hydrogen (secondary N) is 3. The largest absolute Gasteiger partial charge is 0.465 e. The third-order valence-corrected chi connectivity index (χ3v) is 10.6. The Balaban J connectivity index is 1.53. The van der Waals surface area contributed by atoms with Crippen LogP contribution in [-0.4, -0.2) is 71.0 Å². The summed E-state index contributed by atoms with van der Waals surface area (Å²) in [6.45, 7) is 27.0. The summed E-state index contributed by atoms with van der Waals surface area (Å²) in [5.74, 6) is -0.352. The molecule has 45 heavy (non-hydrogen) atoms. The summed E-state index contributed by atoms with van der Waals surface area (Å²) >= 11 is 0. The second-order valence-corrected chi connectivity index (χ2v) is 18.1. The maximum Gasteiger partial charge on any atom is 0.306 e. The lowest BCUT2D eigenvalue weighted by atomic mass is 9.87. The highest BCUT2D eigenvalue weighted by molar-refractivity contribution is 5.72. The highest BCUT2D eigenvalue weighted by Crippen LogP contribution is 2.38. The van der Waals surface area contributed by atoms with E-state index in [4.69, 9.17) is 14.2 Å². The Morgan fingerprint density at radius 3 is 1.09 bits per heavy atom. The molecule has 0 spiro atoms. The molecule has 0 aliphatic carbocycles. The maximum absolute atomic E-state index is 13.0. The molecule has 3 atom stereocenters. The zero-order valence-electron chi connectivity index (χ0n) is 30.5. The number of hydrogen-bond donors (Lipinski definition) is 3. The van der Waals surface area contributed by atoms with E-state index in [9.17, 15) is 14.4 Å². The van der Waals surface area contributed by atoms with Crippen molar-refractivity contribution < 1.29 is 28.6 Å². The molecule has 0 radical (unpaired) electrons. The van der Waals surface area contributed by atoms with Crippen molar-refractivity contribution in [2.24, 2.45) is 23.7 Å². The van der Waals surface area contributed by atoms with Crippen LogP contribution in [0.1, 0.15) is 134 Å². The third kappa shape index (κ3) is 11.2. The van der Waals surface area contributed by atoms with Gasteiger partial charge in [-0.05, 0) is 121 Å². The average Bonchev–Trinajstić information content (AvgIpc) is 3.32. The first-order valence-corrected chi connectivity index (χ1v) is 17.3. The smallest absolute Gasteiger partial charge is 0.306 e. The predicted octanol–water partition coefficient (Wildman–Crippen LogP) is 5.68. The fourth-order valence-electron chi connectivity index (χ4n) is 8.50. The number of hydrogen-bond acceptors (Lipinski definition) is 9. The third-order valence-electron chi connectivity index (χ3n) is 10.6. The molecule has 3 saturated heterocycles. The molecule has 9 heteroatoms. The lowest BCUT2D eigenvalue weighted by molar-refractivity contribution is -0.150. The van der Waals surface area contributed by atoms with E-state index in [1.807, 2.05) is 0 Å². The quantitative estimate of drug-likeness (QED) is 0.164. The van der Waals surface area contributed by atoms with Gasteiger partial charge in [0.05, 0.1) is 19.8 Å². The van der Waals surface area contributed by atoms with E-state index < -0.39 is 0 Å². The van der Waals surface area contributed by atoms with E-state index in [1.165, 1.54) is 0 Å². The van der Waals surface area contributed by atoms with E-state index in [0.717, 1.165) is 19.3 Å². The normalized spacial score (nSPS) is 29.2. The molecule has 0 amide bonds. The molecule has 0 aromatic heterocycles. The highest BCUT2D eigenvalue weighted by atomic mass is 16.5. The zero-order chi connectivity index (χ0) is 34.1. The Bertz CT molecular complexity index is 1010. The van der Waals surface area contributed by atoms with E-state index in [1.54, 1.807) is 0 Å². The van der Waals surface area contributed by atoms with Gasteiger partial charge in [0.15, 0.2) is 0 Å². The summed E-state index contributed by atoms with van der Waals surface area (Å²) in [6, 6.07) is 0. The van der Waals surface area contributed by atoms with Gasteiger partial charge < -0.3 is 30.2 Å². The summed E-state index contributed by atoms with van der Waals surface area (Å²) in [4.78, 5) is 38.7. The fourth-order valence-corrected chi connectivity index (χ4v) is 8.50. The van der Waals surface area contributed by atoms with Crippen molar-refractivity contribution in [1.29, 1.82) is 0 Å². The van der Waals surface area contributed by atoms with Crippen molar-refractivity contribution in [3.63, 3.8) is 0 Å². The Morgan fingerprint density at radius 1 is 0.533 bits per heavy atom.